The van der Waals surface area contributed by atoms with Crippen LogP contribution in [-0.2, 0) is 10.5 Å². The van der Waals surface area contributed by atoms with Crippen molar-refractivity contribution < 1.29 is 9.90 Å². The molecule has 1 aliphatic rings. The monoisotopic (exact) mass is 205 g/mol. The van der Waals surface area contributed by atoms with E-state index >= 15 is 0 Å². The Morgan fingerprint density at radius 2 is 2.13 bits per heavy atom. The predicted molar refractivity (Wildman–Crippen MR) is 57.2 cm³/mol. The van der Waals surface area contributed by atoms with Gasteiger partial charge in [-0.05, 0) is 18.4 Å². The number of carbonyl (C=O) groups excluding carboxylic acids is 1. The maximum atomic E-state index is 10.5. The van der Waals surface area contributed by atoms with Crippen molar-refractivity contribution in [2.75, 3.05) is 13.1 Å². The number of carbonyl (C=O) groups is 1. The topological polar surface area (TPSA) is 40.5 Å². The number of hydrogen-bond acceptors (Lipinski definition) is 3. The van der Waals surface area contributed by atoms with Crippen LogP contribution in [0.25, 0.3) is 0 Å². The maximum absolute atomic E-state index is 10.5. The summed E-state index contributed by atoms with van der Waals surface area (Å²) < 4.78 is 0. The normalized spacial score (nSPS) is 26.7. The Bertz CT molecular complexity index is 339. The molecular weight excluding hydrogens is 190 g/mol. The highest BCUT2D eigenvalue weighted by Crippen LogP contribution is 2.35. The average Bonchev–Trinajstić information content (AvgIpc) is 2.64. The van der Waals surface area contributed by atoms with E-state index in [0.717, 1.165) is 24.8 Å². The van der Waals surface area contributed by atoms with E-state index in [0.29, 0.717) is 13.0 Å². The van der Waals surface area contributed by atoms with E-state index in [4.69, 9.17) is 0 Å². The minimum atomic E-state index is -0.942. The lowest BCUT2D eigenvalue weighted by molar-refractivity contribution is -0.120. The quantitative estimate of drug-likeness (QED) is 0.752. The highest BCUT2D eigenvalue weighted by atomic mass is 16.3. The Balaban J connectivity index is 2.28. The first-order valence-electron chi connectivity index (χ1n) is 5.24. The highest BCUT2D eigenvalue weighted by Gasteiger charge is 2.39. The molecule has 15 heavy (non-hydrogen) atoms. The van der Waals surface area contributed by atoms with Crippen molar-refractivity contribution in [3.05, 3.63) is 35.9 Å². The molecule has 1 aromatic carbocycles. The standard InChI is InChI=1S/C12H15NO2/c14-10-9-13-8-4-7-12(13,15)11-5-2-1-3-6-11/h1-3,5-6,10,15H,4,7-9H2. The maximum Gasteiger partial charge on any atom is 0.145 e. The van der Waals surface area contributed by atoms with Gasteiger partial charge in [0.25, 0.3) is 0 Å². The number of aldehydes is 1. The summed E-state index contributed by atoms with van der Waals surface area (Å²) in [5, 5.41) is 10.5. The summed E-state index contributed by atoms with van der Waals surface area (Å²) in [6.45, 7) is 1.08. The van der Waals surface area contributed by atoms with Crippen LogP contribution in [0.1, 0.15) is 18.4 Å². The molecule has 1 saturated heterocycles. The van der Waals surface area contributed by atoms with Crippen molar-refractivity contribution >= 4 is 6.29 Å². The molecule has 0 aliphatic carbocycles. The van der Waals surface area contributed by atoms with Gasteiger partial charge in [0.15, 0.2) is 0 Å². The summed E-state index contributed by atoms with van der Waals surface area (Å²) in [6.07, 6.45) is 2.48. The summed E-state index contributed by atoms with van der Waals surface area (Å²) >= 11 is 0. The van der Waals surface area contributed by atoms with Gasteiger partial charge >= 0.3 is 0 Å². The number of likely N-dealkylation sites (tertiary alicyclic amines) is 1. The van der Waals surface area contributed by atoms with Gasteiger partial charge in [-0.2, -0.15) is 0 Å². The zero-order valence-corrected chi connectivity index (χ0v) is 8.60. The van der Waals surface area contributed by atoms with Crippen LogP contribution in [-0.4, -0.2) is 29.4 Å². The lowest BCUT2D eigenvalue weighted by atomic mass is 10.0. The molecule has 1 heterocycles. The van der Waals surface area contributed by atoms with Crippen LogP contribution in [0.5, 0.6) is 0 Å². The lowest BCUT2D eigenvalue weighted by Crippen LogP contribution is -2.42. The summed E-state index contributed by atoms with van der Waals surface area (Å²) in [7, 11) is 0. The van der Waals surface area contributed by atoms with E-state index in [2.05, 4.69) is 0 Å². The van der Waals surface area contributed by atoms with Crippen molar-refractivity contribution in [1.82, 2.24) is 4.90 Å². The fourth-order valence-electron chi connectivity index (χ4n) is 2.22. The van der Waals surface area contributed by atoms with Gasteiger partial charge in [0.05, 0.1) is 6.54 Å². The van der Waals surface area contributed by atoms with E-state index in [1.807, 2.05) is 35.2 Å². The predicted octanol–water partition coefficient (Wildman–Crippen LogP) is 1.13. The smallest absolute Gasteiger partial charge is 0.145 e. The summed E-state index contributed by atoms with van der Waals surface area (Å²) in [6, 6.07) is 9.55. The number of hydrogen-bond donors (Lipinski definition) is 1. The van der Waals surface area contributed by atoms with Gasteiger partial charge in [0, 0.05) is 6.54 Å². The Labute approximate surface area is 89.3 Å². The Morgan fingerprint density at radius 3 is 2.80 bits per heavy atom. The zero-order chi connectivity index (χ0) is 10.7. The Hall–Kier alpha value is -1.19. The molecule has 1 aliphatic heterocycles. The molecule has 3 heteroatoms. The van der Waals surface area contributed by atoms with Crippen molar-refractivity contribution in [3.63, 3.8) is 0 Å². The van der Waals surface area contributed by atoms with Crippen molar-refractivity contribution in [1.29, 1.82) is 0 Å². The van der Waals surface area contributed by atoms with Crippen molar-refractivity contribution in [2.24, 2.45) is 0 Å². The zero-order valence-electron chi connectivity index (χ0n) is 8.60. The van der Waals surface area contributed by atoms with Gasteiger partial charge in [0.1, 0.15) is 12.0 Å². The number of nitrogens with zero attached hydrogens (tertiary/aromatic N) is 1. The molecule has 1 aromatic rings. The van der Waals surface area contributed by atoms with E-state index in [1.54, 1.807) is 0 Å². The lowest BCUT2D eigenvalue weighted by Gasteiger charge is -2.32. The fraction of sp³-hybridized carbons (Fsp3) is 0.417. The molecule has 0 aromatic heterocycles. The third-order valence-electron chi connectivity index (χ3n) is 3.01. The van der Waals surface area contributed by atoms with Crippen LogP contribution in [0.15, 0.2) is 30.3 Å². The number of benzene rings is 1. The average molecular weight is 205 g/mol. The van der Waals surface area contributed by atoms with Gasteiger partial charge in [-0.3, -0.25) is 4.90 Å². The summed E-state index contributed by atoms with van der Waals surface area (Å²) in [4.78, 5) is 12.4. The first kappa shape index (κ1) is 10.3. The van der Waals surface area contributed by atoms with Gasteiger partial charge < -0.3 is 9.90 Å². The molecule has 1 N–H and O–H groups in total. The minimum Gasteiger partial charge on any atom is -0.371 e. The van der Waals surface area contributed by atoms with Crippen LogP contribution in [0.4, 0.5) is 0 Å². The molecule has 3 nitrogen and oxygen atoms in total. The molecular formula is C12H15NO2. The van der Waals surface area contributed by atoms with Crippen LogP contribution in [0, 0.1) is 0 Å². The Kier molecular flexibility index (Phi) is 2.84. The molecule has 1 fully saturated rings. The molecule has 2 rings (SSSR count). The SMILES string of the molecule is O=CCN1CCCC1(O)c1ccccc1. The van der Waals surface area contributed by atoms with Crippen LogP contribution in [0.2, 0.25) is 0 Å². The second kappa shape index (κ2) is 4.13. The minimum absolute atomic E-state index is 0.297. The van der Waals surface area contributed by atoms with Gasteiger partial charge in [-0.25, -0.2) is 0 Å². The molecule has 0 amide bonds. The van der Waals surface area contributed by atoms with E-state index < -0.39 is 5.72 Å². The first-order valence-corrected chi connectivity index (χ1v) is 5.24. The molecule has 1 unspecified atom stereocenters. The Morgan fingerprint density at radius 1 is 1.40 bits per heavy atom. The van der Waals surface area contributed by atoms with E-state index in [9.17, 15) is 9.90 Å². The molecule has 1 atom stereocenters. The molecule has 0 saturated carbocycles. The second-order valence-electron chi connectivity index (χ2n) is 3.90. The second-order valence-corrected chi connectivity index (χ2v) is 3.90. The molecule has 0 radical (unpaired) electrons. The highest BCUT2D eigenvalue weighted by molar-refractivity contribution is 5.52. The van der Waals surface area contributed by atoms with Crippen LogP contribution < -0.4 is 0 Å². The van der Waals surface area contributed by atoms with Crippen molar-refractivity contribution in [3.8, 4) is 0 Å². The van der Waals surface area contributed by atoms with E-state index in [1.165, 1.54) is 0 Å². The molecule has 80 valence electrons. The van der Waals surface area contributed by atoms with Crippen molar-refractivity contribution in [2.45, 2.75) is 18.6 Å². The summed E-state index contributed by atoms with van der Waals surface area (Å²) in [5.74, 6) is 0. The molecule has 0 bridgehead atoms. The third kappa shape index (κ3) is 1.80. The van der Waals surface area contributed by atoms with Crippen LogP contribution in [0.3, 0.4) is 0 Å². The number of rotatable bonds is 3. The fourth-order valence-corrected chi connectivity index (χ4v) is 2.22. The van der Waals surface area contributed by atoms with E-state index in [-0.39, 0.29) is 0 Å². The van der Waals surface area contributed by atoms with Gasteiger partial charge in [0.2, 0.25) is 0 Å². The number of aliphatic hydroxyl groups is 1. The van der Waals surface area contributed by atoms with Gasteiger partial charge in [-0.1, -0.05) is 30.3 Å². The summed E-state index contributed by atoms with van der Waals surface area (Å²) in [5.41, 5.74) is -0.0633. The van der Waals surface area contributed by atoms with Gasteiger partial charge in [-0.15, -0.1) is 0 Å². The largest absolute Gasteiger partial charge is 0.371 e. The third-order valence-corrected chi connectivity index (χ3v) is 3.01. The first-order chi connectivity index (χ1) is 7.27. The molecule has 0 spiro atoms. The van der Waals surface area contributed by atoms with Crippen LogP contribution >= 0.6 is 0 Å².